The number of hydrogen-bond acceptors (Lipinski definition) is 1. The van der Waals surface area contributed by atoms with Gasteiger partial charge in [0.05, 0.1) is 0 Å². The van der Waals surface area contributed by atoms with Crippen LogP contribution in [-0.2, 0) is 10.1 Å². The summed E-state index contributed by atoms with van der Waals surface area (Å²) < 4.78 is 1.02. The summed E-state index contributed by atoms with van der Waals surface area (Å²) in [6.07, 6.45) is 2.70. The van der Waals surface area contributed by atoms with Crippen LogP contribution in [-0.4, -0.2) is 11.1 Å². The number of benzene rings is 1. The molecule has 0 atom stereocenters. The van der Waals surface area contributed by atoms with E-state index in [-0.39, 0.29) is 0 Å². The minimum atomic E-state index is -0.937. The highest BCUT2D eigenvalue weighted by atomic mass is 79.9. The first-order valence-corrected chi connectivity index (χ1v) is 5.80. The molecule has 0 spiro atoms. The first-order chi connectivity index (χ1) is 6.63. The first kappa shape index (κ1) is 11.5. The average Bonchev–Trinajstić information content (AvgIpc) is 2.16. The predicted molar refractivity (Wildman–Crippen MR) is 63.4 cm³/mol. The number of halogens is 2. The molecule has 0 aliphatic carbocycles. The summed E-state index contributed by atoms with van der Waals surface area (Å²) in [5, 5.41) is 9.19. The number of aliphatic carboxylic acids is 1. The van der Waals surface area contributed by atoms with Gasteiger partial charge in [-0.25, -0.2) is 4.79 Å². The van der Waals surface area contributed by atoms with Gasteiger partial charge in [-0.05, 0) is 29.3 Å². The molecule has 1 aromatic carbocycles. The fourth-order valence-electron chi connectivity index (χ4n) is 0.968. The Bertz CT molecular complexity index is 372. The second-order valence-electron chi connectivity index (χ2n) is 2.66. The summed E-state index contributed by atoms with van der Waals surface area (Å²) in [7, 11) is 0. The van der Waals surface area contributed by atoms with Crippen LogP contribution < -0.4 is 0 Å². The van der Waals surface area contributed by atoms with E-state index >= 15 is 0 Å². The highest BCUT2D eigenvalue weighted by Gasteiger charge is 1.98. The van der Waals surface area contributed by atoms with Gasteiger partial charge in [0.1, 0.15) is 0 Å². The van der Waals surface area contributed by atoms with Crippen LogP contribution in [0.15, 0.2) is 28.7 Å². The summed E-state index contributed by atoms with van der Waals surface area (Å²) in [5.74, 6) is -0.937. The van der Waals surface area contributed by atoms with Gasteiger partial charge in [0.2, 0.25) is 0 Å². The van der Waals surface area contributed by atoms with Crippen molar-refractivity contribution in [3.05, 3.63) is 39.9 Å². The third-order valence-corrected chi connectivity index (χ3v) is 3.01. The SMILES string of the molecule is O=C(O)C=Cc1ccc(Br)c(CBr)c1. The van der Waals surface area contributed by atoms with E-state index in [9.17, 15) is 4.79 Å². The Morgan fingerprint density at radius 3 is 2.79 bits per heavy atom. The lowest BCUT2D eigenvalue weighted by Crippen LogP contribution is -1.87. The molecule has 0 unspecified atom stereocenters. The number of rotatable bonds is 3. The summed E-state index contributed by atoms with van der Waals surface area (Å²) in [6, 6.07) is 5.69. The zero-order valence-corrected chi connectivity index (χ0v) is 10.4. The van der Waals surface area contributed by atoms with Gasteiger partial charge in [-0.1, -0.05) is 37.9 Å². The highest BCUT2D eigenvalue weighted by molar-refractivity contribution is 9.10. The highest BCUT2D eigenvalue weighted by Crippen LogP contribution is 2.21. The van der Waals surface area contributed by atoms with Crippen molar-refractivity contribution in [1.29, 1.82) is 0 Å². The largest absolute Gasteiger partial charge is 0.478 e. The van der Waals surface area contributed by atoms with Crippen molar-refractivity contribution in [3.8, 4) is 0 Å². The number of hydrogen-bond donors (Lipinski definition) is 1. The Balaban J connectivity index is 2.95. The summed E-state index contributed by atoms with van der Waals surface area (Å²) in [5.41, 5.74) is 1.97. The maximum absolute atomic E-state index is 10.3. The summed E-state index contributed by atoms with van der Waals surface area (Å²) >= 11 is 6.75. The molecule has 2 nitrogen and oxygen atoms in total. The van der Waals surface area contributed by atoms with Crippen molar-refractivity contribution >= 4 is 43.9 Å². The molecule has 0 aromatic heterocycles. The van der Waals surface area contributed by atoms with E-state index in [1.54, 1.807) is 6.08 Å². The molecule has 0 bridgehead atoms. The molecular formula is C10H8Br2O2. The molecule has 74 valence electrons. The smallest absolute Gasteiger partial charge is 0.328 e. The Kier molecular flexibility index (Phi) is 4.35. The van der Waals surface area contributed by atoms with E-state index in [1.165, 1.54) is 0 Å². The van der Waals surface area contributed by atoms with Crippen molar-refractivity contribution in [1.82, 2.24) is 0 Å². The predicted octanol–water partition coefficient (Wildman–Crippen LogP) is 3.44. The van der Waals surface area contributed by atoms with Gasteiger partial charge >= 0.3 is 5.97 Å². The van der Waals surface area contributed by atoms with Crippen molar-refractivity contribution in [2.24, 2.45) is 0 Å². The van der Waals surface area contributed by atoms with Crippen molar-refractivity contribution in [2.75, 3.05) is 0 Å². The fraction of sp³-hybridized carbons (Fsp3) is 0.100. The zero-order chi connectivity index (χ0) is 10.6. The molecule has 0 amide bonds. The normalized spacial score (nSPS) is 10.7. The van der Waals surface area contributed by atoms with Gasteiger partial charge in [-0.15, -0.1) is 0 Å². The molecular weight excluding hydrogens is 312 g/mol. The van der Waals surface area contributed by atoms with E-state index < -0.39 is 5.97 Å². The van der Waals surface area contributed by atoms with E-state index in [0.29, 0.717) is 0 Å². The third kappa shape index (κ3) is 3.27. The number of alkyl halides is 1. The van der Waals surface area contributed by atoms with Crippen LogP contribution in [0, 0.1) is 0 Å². The van der Waals surface area contributed by atoms with Crippen LogP contribution in [0.4, 0.5) is 0 Å². The lowest BCUT2D eigenvalue weighted by Gasteiger charge is -2.01. The number of carboxylic acid groups (broad SMARTS) is 1. The average molecular weight is 320 g/mol. The molecule has 4 heteroatoms. The second-order valence-corrected chi connectivity index (χ2v) is 4.07. The molecule has 0 fully saturated rings. The molecule has 0 aliphatic rings. The van der Waals surface area contributed by atoms with Crippen LogP contribution in [0.5, 0.6) is 0 Å². The molecule has 0 radical (unpaired) electrons. The molecule has 0 heterocycles. The third-order valence-electron chi connectivity index (χ3n) is 1.63. The lowest BCUT2D eigenvalue weighted by atomic mass is 10.1. The first-order valence-electron chi connectivity index (χ1n) is 3.89. The minimum absolute atomic E-state index is 0.738. The fourth-order valence-corrected chi connectivity index (χ4v) is 2.20. The van der Waals surface area contributed by atoms with Crippen molar-refractivity contribution in [3.63, 3.8) is 0 Å². The Hall–Kier alpha value is -0.610. The topological polar surface area (TPSA) is 37.3 Å². The van der Waals surface area contributed by atoms with E-state index in [0.717, 1.165) is 27.0 Å². The van der Waals surface area contributed by atoms with Crippen LogP contribution in [0.1, 0.15) is 11.1 Å². The monoisotopic (exact) mass is 318 g/mol. The number of carboxylic acids is 1. The van der Waals surface area contributed by atoms with Gasteiger partial charge in [0, 0.05) is 15.9 Å². The van der Waals surface area contributed by atoms with Crippen LogP contribution >= 0.6 is 31.9 Å². The Morgan fingerprint density at radius 2 is 2.21 bits per heavy atom. The van der Waals surface area contributed by atoms with Gasteiger partial charge in [-0.3, -0.25) is 0 Å². The maximum Gasteiger partial charge on any atom is 0.328 e. The molecule has 1 rings (SSSR count). The molecule has 14 heavy (non-hydrogen) atoms. The molecule has 0 saturated carbocycles. The second kappa shape index (κ2) is 5.32. The quantitative estimate of drug-likeness (QED) is 0.684. The van der Waals surface area contributed by atoms with Gasteiger partial charge < -0.3 is 5.11 Å². The summed E-state index contributed by atoms with van der Waals surface area (Å²) in [6.45, 7) is 0. The van der Waals surface area contributed by atoms with E-state index in [2.05, 4.69) is 31.9 Å². The molecule has 0 aliphatic heterocycles. The van der Waals surface area contributed by atoms with Gasteiger partial charge in [-0.2, -0.15) is 0 Å². The molecule has 1 aromatic rings. The zero-order valence-electron chi connectivity index (χ0n) is 7.21. The van der Waals surface area contributed by atoms with Crippen LogP contribution in [0.2, 0.25) is 0 Å². The van der Waals surface area contributed by atoms with E-state index in [4.69, 9.17) is 5.11 Å². The van der Waals surface area contributed by atoms with E-state index in [1.807, 2.05) is 18.2 Å². The lowest BCUT2D eigenvalue weighted by molar-refractivity contribution is -0.131. The summed E-state index contributed by atoms with van der Waals surface area (Å²) in [4.78, 5) is 10.3. The Labute approximate surface area is 98.9 Å². The van der Waals surface area contributed by atoms with Gasteiger partial charge in [0.15, 0.2) is 0 Å². The van der Waals surface area contributed by atoms with Crippen molar-refractivity contribution < 1.29 is 9.90 Å². The van der Waals surface area contributed by atoms with Gasteiger partial charge in [0.25, 0.3) is 0 Å². The Morgan fingerprint density at radius 1 is 1.50 bits per heavy atom. The molecule has 0 saturated heterocycles. The molecule has 1 N–H and O–H groups in total. The number of carbonyl (C=O) groups is 1. The van der Waals surface area contributed by atoms with Crippen LogP contribution in [0.3, 0.4) is 0 Å². The van der Waals surface area contributed by atoms with Crippen LogP contribution in [0.25, 0.3) is 6.08 Å². The standard InChI is InChI=1S/C10H8Br2O2/c11-6-8-5-7(1-3-9(8)12)2-4-10(13)14/h1-5H,6H2,(H,13,14). The van der Waals surface area contributed by atoms with Crippen molar-refractivity contribution in [2.45, 2.75) is 5.33 Å². The minimum Gasteiger partial charge on any atom is -0.478 e. The maximum atomic E-state index is 10.3.